The lowest BCUT2D eigenvalue weighted by Crippen LogP contribution is -2.55. The predicted octanol–water partition coefficient (Wildman–Crippen LogP) is 6.77. The van der Waals surface area contributed by atoms with Crippen LogP contribution in [0.4, 0.5) is 0 Å². The molecule has 0 bridgehead atoms. The molecule has 0 saturated heterocycles. The van der Waals surface area contributed by atoms with Crippen LogP contribution < -0.4 is 0 Å². The minimum atomic E-state index is -0.388. The first-order valence-corrected chi connectivity index (χ1v) is 13.4. The lowest BCUT2D eigenvalue weighted by molar-refractivity contribution is -0.106. The number of fused-ring (bicyclic) bond motifs is 5. The predicted molar refractivity (Wildman–Crippen MR) is 130 cm³/mol. The van der Waals surface area contributed by atoms with E-state index >= 15 is 0 Å². The van der Waals surface area contributed by atoms with Crippen LogP contribution in [0, 0.1) is 52.3 Å². The zero-order chi connectivity index (χ0) is 22.6. The van der Waals surface area contributed by atoms with E-state index in [1.807, 2.05) is 0 Å². The van der Waals surface area contributed by atoms with E-state index < -0.39 is 0 Å². The first-order valence-electron chi connectivity index (χ1n) is 13.4. The van der Waals surface area contributed by atoms with Crippen molar-refractivity contribution in [1.82, 2.24) is 0 Å². The summed E-state index contributed by atoms with van der Waals surface area (Å²) in [6, 6.07) is 0. The minimum Gasteiger partial charge on any atom is -0.393 e. The van der Waals surface area contributed by atoms with Gasteiger partial charge in [0.1, 0.15) is 0 Å². The van der Waals surface area contributed by atoms with Crippen molar-refractivity contribution in [2.75, 3.05) is 0 Å². The fraction of sp³-hybridized carbons (Fsp3) is 0.862. The van der Waals surface area contributed by atoms with Gasteiger partial charge in [0.05, 0.1) is 12.2 Å². The SMILES string of the molecule is CC[C@@H](/C=C/[C@@H](C)[C@H]1CC[C@H]2[C@@H]3CC=C4C[C@H](O)CC(O)[C@]4(C)[C@H]3CC[C@]12C)C(C)C. The average molecular weight is 429 g/mol. The van der Waals surface area contributed by atoms with Gasteiger partial charge >= 0.3 is 0 Å². The van der Waals surface area contributed by atoms with Crippen LogP contribution in [-0.4, -0.2) is 22.4 Å². The molecule has 1 unspecified atom stereocenters. The van der Waals surface area contributed by atoms with E-state index in [0.717, 1.165) is 30.6 Å². The van der Waals surface area contributed by atoms with Crippen LogP contribution >= 0.6 is 0 Å². The third-order valence-corrected chi connectivity index (χ3v) is 10.9. The Bertz CT molecular complexity index is 708. The summed E-state index contributed by atoms with van der Waals surface area (Å²) in [5.41, 5.74) is 1.68. The number of rotatable bonds is 5. The molecular formula is C29H48O2. The average Bonchev–Trinajstić information content (AvgIpc) is 3.06. The van der Waals surface area contributed by atoms with Crippen LogP contribution in [0.5, 0.6) is 0 Å². The van der Waals surface area contributed by atoms with Gasteiger partial charge in [-0.1, -0.05) is 65.3 Å². The second kappa shape index (κ2) is 8.64. The highest BCUT2D eigenvalue weighted by atomic mass is 16.3. The maximum absolute atomic E-state index is 11.1. The van der Waals surface area contributed by atoms with E-state index in [2.05, 4.69) is 59.8 Å². The molecule has 31 heavy (non-hydrogen) atoms. The van der Waals surface area contributed by atoms with E-state index in [1.165, 1.54) is 37.7 Å². The molecule has 2 nitrogen and oxygen atoms in total. The first-order chi connectivity index (χ1) is 14.6. The Morgan fingerprint density at radius 2 is 1.81 bits per heavy atom. The molecule has 0 heterocycles. The Labute approximate surface area is 191 Å². The van der Waals surface area contributed by atoms with Crippen LogP contribution in [0.15, 0.2) is 23.8 Å². The molecule has 0 aromatic heterocycles. The highest BCUT2D eigenvalue weighted by molar-refractivity contribution is 5.27. The number of aliphatic hydroxyl groups excluding tert-OH is 2. The Kier molecular flexibility index (Phi) is 6.56. The van der Waals surface area contributed by atoms with Crippen molar-refractivity contribution < 1.29 is 10.2 Å². The maximum Gasteiger partial charge on any atom is 0.0658 e. The van der Waals surface area contributed by atoms with Crippen molar-refractivity contribution in [3.8, 4) is 0 Å². The molecule has 4 aliphatic carbocycles. The summed E-state index contributed by atoms with van der Waals surface area (Å²) in [6.45, 7) is 14.4. The van der Waals surface area contributed by atoms with Crippen LogP contribution in [0.1, 0.15) is 92.9 Å². The van der Waals surface area contributed by atoms with Crippen LogP contribution in [0.25, 0.3) is 0 Å². The lowest BCUT2D eigenvalue weighted by atomic mass is 9.46. The lowest BCUT2D eigenvalue weighted by Gasteiger charge is -2.59. The molecule has 176 valence electrons. The molecule has 0 radical (unpaired) electrons. The second-order valence-corrected chi connectivity index (χ2v) is 12.5. The number of aliphatic hydroxyl groups is 2. The van der Waals surface area contributed by atoms with Gasteiger partial charge < -0.3 is 10.2 Å². The molecule has 0 aliphatic heterocycles. The van der Waals surface area contributed by atoms with Gasteiger partial charge in [0.15, 0.2) is 0 Å². The van der Waals surface area contributed by atoms with Gasteiger partial charge in [-0.3, -0.25) is 0 Å². The van der Waals surface area contributed by atoms with Gasteiger partial charge in [0.2, 0.25) is 0 Å². The standard InChI is InChI=1S/C29H48O2/c1-7-20(18(2)3)9-8-19(4)24-12-13-25-23-11-10-21-16-22(30)17-27(31)29(21,6)26(23)14-15-28(24,25)5/h8-10,18-20,22-27,30-31H,7,11-17H2,1-6H3/b9-8+/t19-,20+,22+,23+,24-,25+,26+,27?,28-,29+/m1/s1. The number of allylic oxidation sites excluding steroid dienone is 3. The summed E-state index contributed by atoms with van der Waals surface area (Å²) >= 11 is 0. The van der Waals surface area contributed by atoms with E-state index in [1.54, 1.807) is 0 Å². The molecule has 4 rings (SSSR count). The van der Waals surface area contributed by atoms with Gasteiger partial charge in [-0.2, -0.15) is 0 Å². The third kappa shape index (κ3) is 3.78. The second-order valence-electron chi connectivity index (χ2n) is 12.5. The molecule has 0 amide bonds. The summed E-state index contributed by atoms with van der Waals surface area (Å²) in [5.74, 6) is 4.94. The molecule has 4 aliphatic rings. The molecule has 0 aromatic carbocycles. The van der Waals surface area contributed by atoms with E-state index in [9.17, 15) is 10.2 Å². The first kappa shape index (κ1) is 23.6. The molecule has 10 atom stereocenters. The highest BCUT2D eigenvalue weighted by Crippen LogP contribution is 2.67. The molecular weight excluding hydrogens is 380 g/mol. The maximum atomic E-state index is 11.1. The smallest absolute Gasteiger partial charge is 0.0658 e. The largest absolute Gasteiger partial charge is 0.393 e. The fourth-order valence-corrected chi connectivity index (χ4v) is 8.89. The molecule has 2 heteroatoms. The summed E-state index contributed by atoms with van der Waals surface area (Å²) < 4.78 is 0. The Hall–Kier alpha value is -0.600. The van der Waals surface area contributed by atoms with Gasteiger partial charge in [-0.05, 0) is 91.8 Å². The van der Waals surface area contributed by atoms with E-state index in [4.69, 9.17) is 0 Å². The number of hydrogen-bond donors (Lipinski definition) is 2. The summed E-state index contributed by atoms with van der Waals surface area (Å²) in [7, 11) is 0. The minimum absolute atomic E-state index is 0.112. The van der Waals surface area contributed by atoms with Gasteiger partial charge in [-0.15, -0.1) is 0 Å². The van der Waals surface area contributed by atoms with Crippen molar-refractivity contribution in [2.24, 2.45) is 52.3 Å². The summed E-state index contributed by atoms with van der Waals surface area (Å²) in [5, 5.41) is 21.3. The molecule has 0 spiro atoms. The molecule has 2 N–H and O–H groups in total. The summed E-state index contributed by atoms with van der Waals surface area (Å²) in [6.07, 6.45) is 15.8. The normalized spacial score (nSPS) is 46.9. The quantitative estimate of drug-likeness (QED) is 0.474. The number of hydrogen-bond acceptors (Lipinski definition) is 2. The molecule has 3 saturated carbocycles. The zero-order valence-electron chi connectivity index (χ0n) is 21.0. The molecule has 3 fully saturated rings. The third-order valence-electron chi connectivity index (χ3n) is 10.9. The Balaban J connectivity index is 1.54. The monoisotopic (exact) mass is 428 g/mol. The van der Waals surface area contributed by atoms with Crippen LogP contribution in [0.3, 0.4) is 0 Å². The zero-order valence-corrected chi connectivity index (χ0v) is 21.0. The van der Waals surface area contributed by atoms with Crippen LogP contribution in [-0.2, 0) is 0 Å². The van der Waals surface area contributed by atoms with Crippen molar-refractivity contribution in [3.63, 3.8) is 0 Å². The fourth-order valence-electron chi connectivity index (χ4n) is 8.89. The van der Waals surface area contributed by atoms with Crippen molar-refractivity contribution >= 4 is 0 Å². The van der Waals surface area contributed by atoms with Gasteiger partial charge in [0.25, 0.3) is 0 Å². The van der Waals surface area contributed by atoms with Crippen LogP contribution in [0.2, 0.25) is 0 Å². The Morgan fingerprint density at radius 1 is 1.06 bits per heavy atom. The van der Waals surface area contributed by atoms with Crippen molar-refractivity contribution in [1.29, 1.82) is 0 Å². The van der Waals surface area contributed by atoms with E-state index in [0.29, 0.717) is 35.5 Å². The van der Waals surface area contributed by atoms with Crippen molar-refractivity contribution in [2.45, 2.75) is 105 Å². The molecule has 0 aromatic rings. The van der Waals surface area contributed by atoms with Gasteiger partial charge in [-0.25, -0.2) is 0 Å². The Morgan fingerprint density at radius 3 is 2.48 bits per heavy atom. The topological polar surface area (TPSA) is 40.5 Å². The van der Waals surface area contributed by atoms with E-state index in [-0.39, 0.29) is 17.6 Å². The highest BCUT2D eigenvalue weighted by Gasteiger charge is 2.60. The summed E-state index contributed by atoms with van der Waals surface area (Å²) in [4.78, 5) is 0. The van der Waals surface area contributed by atoms with Gasteiger partial charge in [0, 0.05) is 11.8 Å². The van der Waals surface area contributed by atoms with Crippen molar-refractivity contribution in [3.05, 3.63) is 23.8 Å².